The summed E-state index contributed by atoms with van der Waals surface area (Å²) >= 11 is 0. The summed E-state index contributed by atoms with van der Waals surface area (Å²) in [4.78, 5) is 12.4. The van der Waals surface area contributed by atoms with Crippen LogP contribution in [-0.2, 0) is 16.1 Å². The number of halogens is 1. The largest absolute Gasteiger partial charge is 0.458 e. The topological polar surface area (TPSA) is 31.2 Å². The SMILES string of the molecule is CC(C)n1c(C=CC(=O)OCc2ccccc2)c(-c2ccc(F)cc2)c2ccccc21. The number of fused-ring (bicyclic) bond motifs is 1. The Balaban J connectivity index is 1.74. The van der Waals surface area contributed by atoms with Gasteiger partial charge in [-0.3, -0.25) is 0 Å². The maximum absolute atomic E-state index is 13.5. The van der Waals surface area contributed by atoms with Crippen molar-refractivity contribution in [2.45, 2.75) is 26.5 Å². The normalized spacial score (nSPS) is 11.5. The van der Waals surface area contributed by atoms with E-state index in [0.717, 1.165) is 33.3 Å². The van der Waals surface area contributed by atoms with Crippen molar-refractivity contribution in [3.05, 3.63) is 102 Å². The first-order chi connectivity index (χ1) is 15.0. The zero-order valence-corrected chi connectivity index (χ0v) is 17.6. The Kier molecular flexibility index (Phi) is 5.99. The Hall–Kier alpha value is -3.66. The van der Waals surface area contributed by atoms with Gasteiger partial charge in [0.25, 0.3) is 0 Å². The standard InChI is InChI=1S/C27H24FNO2/c1-19(2)29-24-11-7-6-10-23(24)27(21-12-14-22(28)15-13-21)25(29)16-17-26(30)31-18-20-8-4-3-5-9-20/h3-17,19H,18H2,1-2H3. The van der Waals surface area contributed by atoms with E-state index in [-0.39, 0.29) is 18.5 Å². The van der Waals surface area contributed by atoms with Crippen molar-refractivity contribution in [1.29, 1.82) is 0 Å². The molecule has 0 saturated heterocycles. The molecule has 0 amide bonds. The Bertz CT molecular complexity index is 1220. The smallest absolute Gasteiger partial charge is 0.331 e. The molecule has 0 bridgehead atoms. The third-order valence-corrected chi connectivity index (χ3v) is 5.20. The van der Waals surface area contributed by atoms with Crippen molar-refractivity contribution < 1.29 is 13.9 Å². The Morgan fingerprint density at radius 2 is 1.65 bits per heavy atom. The summed E-state index contributed by atoms with van der Waals surface area (Å²) in [5.74, 6) is -0.688. The van der Waals surface area contributed by atoms with E-state index in [4.69, 9.17) is 4.74 Å². The number of nitrogens with zero attached hydrogens (tertiary/aromatic N) is 1. The fourth-order valence-electron chi connectivity index (χ4n) is 3.85. The second-order valence-electron chi connectivity index (χ2n) is 7.67. The molecule has 0 aliphatic heterocycles. The van der Waals surface area contributed by atoms with Gasteiger partial charge < -0.3 is 9.30 Å². The van der Waals surface area contributed by atoms with Crippen LogP contribution >= 0.6 is 0 Å². The van der Waals surface area contributed by atoms with Crippen LogP contribution in [0.4, 0.5) is 4.39 Å². The van der Waals surface area contributed by atoms with E-state index in [1.807, 2.05) is 42.5 Å². The summed E-state index contributed by atoms with van der Waals surface area (Å²) in [5.41, 5.74) is 4.76. The number of carbonyl (C=O) groups excluding carboxylic acids is 1. The molecule has 0 spiro atoms. The lowest BCUT2D eigenvalue weighted by Gasteiger charge is -2.13. The molecule has 0 fully saturated rings. The molecule has 1 heterocycles. The van der Waals surface area contributed by atoms with Crippen molar-refractivity contribution in [1.82, 2.24) is 4.57 Å². The summed E-state index contributed by atoms with van der Waals surface area (Å²) in [5, 5.41) is 1.06. The molecule has 0 aliphatic carbocycles. The minimum absolute atomic E-state index is 0.166. The predicted molar refractivity (Wildman–Crippen MR) is 123 cm³/mol. The molecule has 0 atom stereocenters. The van der Waals surface area contributed by atoms with E-state index >= 15 is 0 Å². The number of hydrogen-bond donors (Lipinski definition) is 0. The average molecular weight is 413 g/mol. The van der Waals surface area contributed by atoms with Crippen molar-refractivity contribution >= 4 is 22.9 Å². The van der Waals surface area contributed by atoms with Gasteiger partial charge in [0.05, 0.1) is 5.69 Å². The third kappa shape index (κ3) is 4.43. The highest BCUT2D eigenvalue weighted by atomic mass is 19.1. The third-order valence-electron chi connectivity index (χ3n) is 5.20. The van der Waals surface area contributed by atoms with E-state index in [0.29, 0.717) is 0 Å². The van der Waals surface area contributed by atoms with Crippen LogP contribution in [0, 0.1) is 5.82 Å². The zero-order chi connectivity index (χ0) is 21.8. The second kappa shape index (κ2) is 9.00. The minimum atomic E-state index is -0.408. The molecule has 0 unspecified atom stereocenters. The maximum Gasteiger partial charge on any atom is 0.331 e. The first-order valence-electron chi connectivity index (χ1n) is 10.3. The molecule has 156 valence electrons. The number of aromatic nitrogens is 1. The highest BCUT2D eigenvalue weighted by Crippen LogP contribution is 2.37. The fourth-order valence-corrected chi connectivity index (χ4v) is 3.85. The van der Waals surface area contributed by atoms with Crippen LogP contribution in [0.3, 0.4) is 0 Å². The lowest BCUT2D eigenvalue weighted by Crippen LogP contribution is -2.04. The number of esters is 1. The number of carbonyl (C=O) groups is 1. The molecule has 1 aromatic heterocycles. The van der Waals surface area contributed by atoms with Gasteiger partial charge >= 0.3 is 5.97 Å². The van der Waals surface area contributed by atoms with E-state index in [9.17, 15) is 9.18 Å². The number of ether oxygens (including phenoxy) is 1. The fraction of sp³-hybridized carbons (Fsp3) is 0.148. The number of hydrogen-bond acceptors (Lipinski definition) is 2. The molecule has 4 heteroatoms. The van der Waals surface area contributed by atoms with Crippen LogP contribution in [0.1, 0.15) is 31.1 Å². The average Bonchev–Trinajstić information content (AvgIpc) is 3.12. The van der Waals surface area contributed by atoms with E-state index in [1.165, 1.54) is 18.2 Å². The van der Waals surface area contributed by atoms with Crippen LogP contribution in [0.15, 0.2) is 84.9 Å². The predicted octanol–water partition coefficient (Wildman–Crippen LogP) is 6.78. The summed E-state index contributed by atoms with van der Waals surface area (Å²) < 4.78 is 21.1. The first-order valence-corrected chi connectivity index (χ1v) is 10.3. The summed E-state index contributed by atoms with van der Waals surface area (Å²) in [7, 11) is 0. The van der Waals surface area contributed by atoms with Gasteiger partial charge in [-0.2, -0.15) is 0 Å². The van der Waals surface area contributed by atoms with Gasteiger partial charge in [0.1, 0.15) is 12.4 Å². The summed E-state index contributed by atoms with van der Waals surface area (Å²) in [6, 6.07) is 24.3. The Labute approximate surface area is 181 Å². The highest BCUT2D eigenvalue weighted by molar-refractivity contribution is 6.02. The molecule has 3 aromatic carbocycles. The Morgan fingerprint density at radius 3 is 2.35 bits per heavy atom. The van der Waals surface area contributed by atoms with E-state index in [2.05, 4.69) is 30.5 Å². The highest BCUT2D eigenvalue weighted by Gasteiger charge is 2.18. The monoisotopic (exact) mass is 413 g/mol. The van der Waals surface area contributed by atoms with Gasteiger partial charge in [-0.25, -0.2) is 9.18 Å². The minimum Gasteiger partial charge on any atom is -0.458 e. The zero-order valence-electron chi connectivity index (χ0n) is 17.6. The number of para-hydroxylation sites is 1. The van der Waals surface area contributed by atoms with Crippen molar-refractivity contribution in [3.8, 4) is 11.1 Å². The lowest BCUT2D eigenvalue weighted by molar-refractivity contribution is -0.138. The van der Waals surface area contributed by atoms with Crippen LogP contribution < -0.4 is 0 Å². The number of benzene rings is 3. The van der Waals surface area contributed by atoms with Crippen molar-refractivity contribution in [2.75, 3.05) is 0 Å². The molecule has 4 rings (SSSR count). The summed E-state index contributed by atoms with van der Waals surface area (Å²) in [6.07, 6.45) is 3.26. The quantitative estimate of drug-likeness (QED) is 0.258. The molecule has 0 saturated carbocycles. The van der Waals surface area contributed by atoms with Gasteiger partial charge in [0.2, 0.25) is 0 Å². The van der Waals surface area contributed by atoms with Gasteiger partial charge in [-0.05, 0) is 49.2 Å². The van der Waals surface area contributed by atoms with E-state index < -0.39 is 5.97 Å². The lowest BCUT2D eigenvalue weighted by atomic mass is 10.0. The Morgan fingerprint density at radius 1 is 0.968 bits per heavy atom. The molecular formula is C27H24FNO2. The molecule has 0 aliphatic rings. The molecule has 4 aromatic rings. The second-order valence-corrected chi connectivity index (χ2v) is 7.67. The van der Waals surface area contributed by atoms with Crippen LogP contribution in [0.25, 0.3) is 28.1 Å². The van der Waals surface area contributed by atoms with Gasteiger partial charge in [0.15, 0.2) is 0 Å². The molecule has 0 N–H and O–H groups in total. The molecule has 3 nitrogen and oxygen atoms in total. The van der Waals surface area contributed by atoms with Gasteiger partial charge in [-0.1, -0.05) is 60.7 Å². The van der Waals surface area contributed by atoms with Gasteiger partial charge in [-0.15, -0.1) is 0 Å². The van der Waals surface area contributed by atoms with Crippen LogP contribution in [-0.4, -0.2) is 10.5 Å². The van der Waals surface area contributed by atoms with Crippen LogP contribution in [0.2, 0.25) is 0 Å². The molecular weight excluding hydrogens is 389 g/mol. The van der Waals surface area contributed by atoms with Crippen LogP contribution in [0.5, 0.6) is 0 Å². The summed E-state index contributed by atoms with van der Waals surface area (Å²) in [6.45, 7) is 4.43. The van der Waals surface area contributed by atoms with Gasteiger partial charge in [0, 0.05) is 28.6 Å². The van der Waals surface area contributed by atoms with Crippen molar-refractivity contribution in [3.63, 3.8) is 0 Å². The molecule has 0 radical (unpaired) electrons. The van der Waals surface area contributed by atoms with E-state index in [1.54, 1.807) is 18.2 Å². The molecule has 31 heavy (non-hydrogen) atoms. The first kappa shape index (κ1) is 20.6. The van der Waals surface area contributed by atoms with Crippen molar-refractivity contribution in [2.24, 2.45) is 0 Å². The number of rotatable bonds is 6. The maximum atomic E-state index is 13.5.